The number of nitrogens with zero attached hydrogens (tertiary/aromatic N) is 2. The Labute approximate surface area is 114 Å². The molecule has 2 rings (SSSR count). The first kappa shape index (κ1) is 12.5. The van der Waals surface area contributed by atoms with E-state index >= 15 is 0 Å². The smallest absolute Gasteiger partial charge is 0.247 e. The van der Waals surface area contributed by atoms with Gasteiger partial charge < -0.3 is 9.73 Å². The largest absolute Gasteiger partial charge is 0.421 e. The minimum Gasteiger partial charge on any atom is -0.421 e. The SMILES string of the molecule is CCNCCc1nnc(-c2ccc(I)cc2)o1. The number of hydrogen-bond acceptors (Lipinski definition) is 4. The highest BCUT2D eigenvalue weighted by atomic mass is 127. The van der Waals surface area contributed by atoms with Crippen LogP contribution in [0.2, 0.25) is 0 Å². The van der Waals surface area contributed by atoms with Crippen molar-refractivity contribution in [3.63, 3.8) is 0 Å². The fourth-order valence-electron chi connectivity index (χ4n) is 1.44. The first-order chi connectivity index (χ1) is 8.29. The minimum atomic E-state index is 0.591. The predicted molar refractivity (Wildman–Crippen MR) is 74.7 cm³/mol. The van der Waals surface area contributed by atoms with Gasteiger partial charge in [-0.2, -0.15) is 0 Å². The molecule has 0 aliphatic carbocycles. The van der Waals surface area contributed by atoms with E-state index in [1.165, 1.54) is 3.57 Å². The van der Waals surface area contributed by atoms with Crippen LogP contribution in [0.1, 0.15) is 12.8 Å². The van der Waals surface area contributed by atoms with Crippen LogP contribution in [0.5, 0.6) is 0 Å². The van der Waals surface area contributed by atoms with Gasteiger partial charge in [-0.05, 0) is 53.4 Å². The molecule has 0 aliphatic heterocycles. The second-order valence-electron chi connectivity index (χ2n) is 3.61. The van der Waals surface area contributed by atoms with Crippen LogP contribution in [0.25, 0.3) is 11.5 Å². The highest BCUT2D eigenvalue weighted by molar-refractivity contribution is 14.1. The Morgan fingerprint density at radius 2 is 2.00 bits per heavy atom. The van der Waals surface area contributed by atoms with Gasteiger partial charge in [-0.3, -0.25) is 0 Å². The molecule has 0 bridgehead atoms. The van der Waals surface area contributed by atoms with Crippen molar-refractivity contribution >= 4 is 22.6 Å². The van der Waals surface area contributed by atoms with Gasteiger partial charge in [-0.25, -0.2) is 0 Å². The van der Waals surface area contributed by atoms with Gasteiger partial charge in [0.15, 0.2) is 0 Å². The molecule has 0 spiro atoms. The number of rotatable bonds is 5. The molecule has 0 fully saturated rings. The van der Waals surface area contributed by atoms with E-state index in [0.717, 1.165) is 25.1 Å². The van der Waals surface area contributed by atoms with Gasteiger partial charge in [-0.15, -0.1) is 10.2 Å². The summed E-state index contributed by atoms with van der Waals surface area (Å²) in [5, 5.41) is 11.3. The first-order valence-electron chi connectivity index (χ1n) is 5.58. The fourth-order valence-corrected chi connectivity index (χ4v) is 1.80. The normalized spacial score (nSPS) is 10.7. The van der Waals surface area contributed by atoms with E-state index in [-0.39, 0.29) is 0 Å². The van der Waals surface area contributed by atoms with Crippen molar-refractivity contribution in [2.75, 3.05) is 13.1 Å². The van der Waals surface area contributed by atoms with Crippen LogP contribution >= 0.6 is 22.6 Å². The summed E-state index contributed by atoms with van der Waals surface area (Å²) in [6.45, 7) is 3.90. The second-order valence-corrected chi connectivity index (χ2v) is 4.86. The van der Waals surface area contributed by atoms with Crippen LogP contribution < -0.4 is 5.32 Å². The molecule has 0 aliphatic rings. The molecule has 1 aromatic heterocycles. The molecule has 0 amide bonds. The topological polar surface area (TPSA) is 51.0 Å². The van der Waals surface area contributed by atoms with E-state index in [9.17, 15) is 0 Å². The summed E-state index contributed by atoms with van der Waals surface area (Å²) < 4.78 is 6.78. The monoisotopic (exact) mass is 343 g/mol. The van der Waals surface area contributed by atoms with Crippen LogP contribution in [0.3, 0.4) is 0 Å². The summed E-state index contributed by atoms with van der Waals surface area (Å²) in [5.41, 5.74) is 0.965. The summed E-state index contributed by atoms with van der Waals surface area (Å²) in [6, 6.07) is 8.03. The predicted octanol–water partition coefficient (Wildman–Crippen LogP) is 2.49. The summed E-state index contributed by atoms with van der Waals surface area (Å²) in [6.07, 6.45) is 0.769. The number of halogens is 1. The van der Waals surface area contributed by atoms with Crippen molar-refractivity contribution < 1.29 is 4.42 Å². The third-order valence-corrected chi connectivity index (χ3v) is 3.04. The van der Waals surface area contributed by atoms with Gasteiger partial charge in [0.1, 0.15) is 0 Å². The van der Waals surface area contributed by atoms with Gasteiger partial charge in [0.05, 0.1) is 0 Å². The van der Waals surface area contributed by atoms with Gasteiger partial charge >= 0.3 is 0 Å². The lowest BCUT2D eigenvalue weighted by atomic mass is 10.2. The molecule has 0 saturated heterocycles. The van der Waals surface area contributed by atoms with Crippen molar-refractivity contribution in [1.82, 2.24) is 15.5 Å². The van der Waals surface area contributed by atoms with Gasteiger partial charge in [-0.1, -0.05) is 6.92 Å². The Morgan fingerprint density at radius 1 is 1.24 bits per heavy atom. The van der Waals surface area contributed by atoms with Gasteiger partial charge in [0.25, 0.3) is 0 Å². The van der Waals surface area contributed by atoms with Crippen molar-refractivity contribution in [1.29, 1.82) is 0 Å². The van der Waals surface area contributed by atoms with Crippen LogP contribution in [-0.4, -0.2) is 23.3 Å². The molecule has 4 nitrogen and oxygen atoms in total. The van der Waals surface area contributed by atoms with E-state index in [1.54, 1.807) is 0 Å². The third kappa shape index (κ3) is 3.50. The van der Waals surface area contributed by atoms with E-state index in [4.69, 9.17) is 4.42 Å². The lowest BCUT2D eigenvalue weighted by Crippen LogP contribution is -2.16. The molecule has 2 aromatic rings. The van der Waals surface area contributed by atoms with Crippen molar-refractivity contribution in [3.8, 4) is 11.5 Å². The molecular formula is C12H14IN3O. The van der Waals surface area contributed by atoms with E-state index in [1.807, 2.05) is 24.3 Å². The zero-order valence-corrected chi connectivity index (χ0v) is 11.8. The lowest BCUT2D eigenvalue weighted by molar-refractivity contribution is 0.496. The summed E-state index contributed by atoms with van der Waals surface area (Å²) >= 11 is 2.27. The van der Waals surface area contributed by atoms with Gasteiger partial charge in [0.2, 0.25) is 11.8 Å². The highest BCUT2D eigenvalue weighted by Crippen LogP contribution is 2.18. The van der Waals surface area contributed by atoms with Crippen LogP contribution in [0.15, 0.2) is 28.7 Å². The Morgan fingerprint density at radius 3 is 2.71 bits per heavy atom. The average Bonchev–Trinajstić information content (AvgIpc) is 2.79. The molecule has 0 unspecified atom stereocenters. The maximum Gasteiger partial charge on any atom is 0.247 e. The van der Waals surface area contributed by atoms with E-state index < -0.39 is 0 Å². The molecule has 1 aromatic carbocycles. The average molecular weight is 343 g/mol. The molecule has 90 valence electrons. The maximum absolute atomic E-state index is 5.59. The minimum absolute atomic E-state index is 0.591. The Balaban J connectivity index is 2.04. The van der Waals surface area contributed by atoms with Gasteiger partial charge in [0, 0.05) is 22.1 Å². The molecule has 0 atom stereocenters. The number of likely N-dealkylation sites (N-methyl/N-ethyl adjacent to an activating group) is 1. The zero-order valence-electron chi connectivity index (χ0n) is 9.61. The fraction of sp³-hybridized carbons (Fsp3) is 0.333. The molecule has 1 N–H and O–H groups in total. The number of aromatic nitrogens is 2. The van der Waals surface area contributed by atoms with E-state index in [2.05, 4.69) is 45.0 Å². The third-order valence-electron chi connectivity index (χ3n) is 2.32. The summed E-state index contributed by atoms with van der Waals surface area (Å²) in [4.78, 5) is 0. The quantitative estimate of drug-likeness (QED) is 0.670. The van der Waals surface area contributed by atoms with Crippen LogP contribution in [0.4, 0.5) is 0 Å². The highest BCUT2D eigenvalue weighted by Gasteiger charge is 2.07. The van der Waals surface area contributed by atoms with E-state index in [0.29, 0.717) is 11.8 Å². The number of benzene rings is 1. The van der Waals surface area contributed by atoms with Crippen molar-refractivity contribution in [3.05, 3.63) is 33.7 Å². The molecule has 5 heteroatoms. The maximum atomic E-state index is 5.59. The van der Waals surface area contributed by atoms with Crippen molar-refractivity contribution in [2.45, 2.75) is 13.3 Å². The first-order valence-corrected chi connectivity index (χ1v) is 6.66. The Bertz CT molecular complexity index is 467. The summed E-state index contributed by atoms with van der Waals surface area (Å²) in [5.74, 6) is 1.27. The molecule has 0 radical (unpaired) electrons. The molecule has 0 saturated carbocycles. The standard InChI is InChI=1S/C12H14IN3O/c1-2-14-8-7-11-15-16-12(17-11)9-3-5-10(13)6-4-9/h3-6,14H,2,7-8H2,1H3. The van der Waals surface area contributed by atoms with Crippen LogP contribution in [0, 0.1) is 3.57 Å². The molecule has 1 heterocycles. The number of nitrogens with one attached hydrogen (secondary N) is 1. The zero-order chi connectivity index (χ0) is 12.1. The molecule has 17 heavy (non-hydrogen) atoms. The van der Waals surface area contributed by atoms with Crippen LogP contribution in [-0.2, 0) is 6.42 Å². The number of hydrogen-bond donors (Lipinski definition) is 1. The Hall–Kier alpha value is -0.950. The molecular weight excluding hydrogens is 329 g/mol. The second kappa shape index (κ2) is 6.11. The Kier molecular flexibility index (Phi) is 4.49. The summed E-state index contributed by atoms with van der Waals surface area (Å²) in [7, 11) is 0. The van der Waals surface area contributed by atoms with Crippen molar-refractivity contribution in [2.24, 2.45) is 0 Å². The lowest BCUT2D eigenvalue weighted by Gasteiger charge is -1.96.